The number of nitrogen functional groups attached to an aromatic ring is 1. The molecule has 0 aliphatic rings. The van der Waals surface area contributed by atoms with E-state index in [1.54, 1.807) is 11.3 Å². The van der Waals surface area contributed by atoms with E-state index in [-0.39, 0.29) is 5.41 Å². The van der Waals surface area contributed by atoms with Crippen LogP contribution < -0.4 is 11.1 Å². The van der Waals surface area contributed by atoms with Gasteiger partial charge in [-0.05, 0) is 17.4 Å². The smallest absolute Gasteiger partial charge is 0.135 e. The first-order valence-corrected chi connectivity index (χ1v) is 7.68. The van der Waals surface area contributed by atoms with Crippen molar-refractivity contribution in [3.05, 3.63) is 34.3 Å². The van der Waals surface area contributed by atoms with Crippen LogP contribution in [0.3, 0.4) is 0 Å². The summed E-state index contributed by atoms with van der Waals surface area (Å²) >= 11 is 1.78. The van der Waals surface area contributed by atoms with Crippen molar-refractivity contribution in [2.45, 2.75) is 39.0 Å². The van der Waals surface area contributed by atoms with Crippen LogP contribution in [-0.2, 0) is 5.41 Å². The van der Waals surface area contributed by atoms with Gasteiger partial charge in [0.25, 0.3) is 0 Å². The number of rotatable bonds is 5. The number of nitrogens with one attached hydrogen (secondary N) is 1. The third-order valence-electron chi connectivity index (χ3n) is 3.38. The Morgan fingerprint density at radius 1 is 1.35 bits per heavy atom. The fraction of sp³-hybridized carbons (Fsp3) is 0.467. The van der Waals surface area contributed by atoms with Crippen molar-refractivity contribution in [1.29, 1.82) is 0 Å². The van der Waals surface area contributed by atoms with Crippen LogP contribution in [0.4, 0.5) is 11.6 Å². The maximum atomic E-state index is 5.97. The quantitative estimate of drug-likeness (QED) is 0.882. The summed E-state index contributed by atoms with van der Waals surface area (Å²) in [6.45, 7) is 9.47. The lowest BCUT2D eigenvalue weighted by atomic mass is 9.91. The maximum absolute atomic E-state index is 5.97. The highest BCUT2D eigenvalue weighted by molar-refractivity contribution is 7.10. The number of hydrogen-bond acceptors (Lipinski definition) is 5. The monoisotopic (exact) mass is 290 g/mol. The molecule has 0 amide bonds. The van der Waals surface area contributed by atoms with Crippen LogP contribution in [0.5, 0.6) is 0 Å². The largest absolute Gasteiger partial charge is 0.383 e. The molecule has 3 N–H and O–H groups in total. The summed E-state index contributed by atoms with van der Waals surface area (Å²) in [4.78, 5) is 9.79. The van der Waals surface area contributed by atoms with Gasteiger partial charge in [-0.25, -0.2) is 9.97 Å². The van der Waals surface area contributed by atoms with Crippen molar-refractivity contribution in [2.75, 3.05) is 17.6 Å². The molecular weight excluding hydrogens is 268 g/mol. The van der Waals surface area contributed by atoms with Crippen molar-refractivity contribution < 1.29 is 0 Å². The minimum atomic E-state index is 0.0577. The van der Waals surface area contributed by atoms with Crippen molar-refractivity contribution in [3.8, 4) is 0 Å². The van der Waals surface area contributed by atoms with Crippen LogP contribution in [0.1, 0.15) is 44.1 Å². The van der Waals surface area contributed by atoms with Crippen molar-refractivity contribution in [3.63, 3.8) is 0 Å². The maximum Gasteiger partial charge on any atom is 0.135 e. The molecule has 0 aliphatic heterocycles. The first-order chi connectivity index (χ1) is 9.42. The van der Waals surface area contributed by atoms with Crippen molar-refractivity contribution in [2.24, 2.45) is 0 Å². The molecule has 0 saturated carbocycles. The molecule has 0 unspecified atom stereocenters. The second-order valence-electron chi connectivity index (χ2n) is 5.89. The van der Waals surface area contributed by atoms with E-state index in [2.05, 4.69) is 60.5 Å². The third-order valence-corrected chi connectivity index (χ3v) is 4.61. The van der Waals surface area contributed by atoms with Gasteiger partial charge in [0.2, 0.25) is 0 Å². The summed E-state index contributed by atoms with van der Waals surface area (Å²) in [5.41, 5.74) is 7.02. The summed E-state index contributed by atoms with van der Waals surface area (Å²) in [6.07, 6.45) is 1.52. The zero-order chi connectivity index (χ0) is 14.8. The second kappa shape index (κ2) is 5.79. The van der Waals surface area contributed by atoms with Gasteiger partial charge in [-0.15, -0.1) is 11.3 Å². The molecule has 0 aliphatic carbocycles. The Morgan fingerprint density at radius 3 is 2.70 bits per heavy atom. The van der Waals surface area contributed by atoms with Crippen LogP contribution in [-0.4, -0.2) is 16.5 Å². The van der Waals surface area contributed by atoms with Gasteiger partial charge >= 0.3 is 0 Å². The Bertz CT molecular complexity index is 561. The molecule has 2 aromatic heterocycles. The van der Waals surface area contributed by atoms with E-state index >= 15 is 0 Å². The molecule has 108 valence electrons. The van der Waals surface area contributed by atoms with Crippen LogP contribution in [0.15, 0.2) is 23.8 Å². The van der Waals surface area contributed by atoms with E-state index in [1.165, 1.54) is 11.2 Å². The van der Waals surface area contributed by atoms with Gasteiger partial charge in [-0.2, -0.15) is 0 Å². The fourth-order valence-electron chi connectivity index (χ4n) is 2.17. The van der Waals surface area contributed by atoms with E-state index in [0.717, 1.165) is 17.9 Å². The summed E-state index contributed by atoms with van der Waals surface area (Å²) in [7, 11) is 0. The van der Waals surface area contributed by atoms with E-state index in [9.17, 15) is 0 Å². The van der Waals surface area contributed by atoms with Gasteiger partial charge in [0.15, 0.2) is 0 Å². The lowest BCUT2D eigenvalue weighted by Gasteiger charge is -2.25. The molecule has 2 heterocycles. The number of anilines is 2. The molecule has 20 heavy (non-hydrogen) atoms. The van der Waals surface area contributed by atoms with Crippen LogP contribution in [0, 0.1) is 0 Å². The molecule has 0 radical (unpaired) electrons. The average Bonchev–Trinajstić information content (AvgIpc) is 2.90. The normalized spacial score (nSPS) is 11.8. The van der Waals surface area contributed by atoms with Gasteiger partial charge in [0, 0.05) is 22.4 Å². The Labute approximate surface area is 124 Å². The van der Waals surface area contributed by atoms with Gasteiger partial charge in [-0.1, -0.05) is 33.8 Å². The number of aromatic nitrogens is 2. The molecule has 0 spiro atoms. The van der Waals surface area contributed by atoms with E-state index in [4.69, 9.17) is 5.73 Å². The number of nitrogens with two attached hydrogens (primary N) is 1. The average molecular weight is 290 g/mol. The highest BCUT2D eigenvalue weighted by Gasteiger charge is 2.23. The number of thiophene rings is 1. The minimum absolute atomic E-state index is 0.0577. The highest BCUT2D eigenvalue weighted by atomic mass is 32.1. The van der Waals surface area contributed by atoms with Crippen LogP contribution >= 0.6 is 11.3 Å². The molecular formula is C15H22N4S. The minimum Gasteiger partial charge on any atom is -0.383 e. The number of hydrogen-bond donors (Lipinski definition) is 2. The van der Waals surface area contributed by atoms with Crippen molar-refractivity contribution in [1.82, 2.24) is 9.97 Å². The standard InChI is InChI=1S/C15H22N4S/c1-10(2)12-13(16)18-9-19-14(12)17-8-15(3,4)11-6-5-7-20-11/h5-7,9-10H,8H2,1-4H3,(H3,16,17,18,19). The lowest BCUT2D eigenvalue weighted by molar-refractivity contribution is 0.567. The summed E-state index contributed by atoms with van der Waals surface area (Å²) < 4.78 is 0. The first kappa shape index (κ1) is 14.8. The van der Waals surface area contributed by atoms with E-state index < -0.39 is 0 Å². The molecule has 2 aromatic rings. The predicted molar refractivity (Wildman–Crippen MR) is 86.4 cm³/mol. The predicted octanol–water partition coefficient (Wildman–Crippen LogP) is 3.63. The van der Waals surface area contributed by atoms with E-state index in [1.807, 2.05) is 0 Å². The highest BCUT2D eigenvalue weighted by Crippen LogP contribution is 2.30. The van der Waals surface area contributed by atoms with Gasteiger partial charge < -0.3 is 11.1 Å². The molecule has 0 fully saturated rings. The molecule has 2 rings (SSSR count). The fourth-order valence-corrected chi connectivity index (χ4v) is 3.03. The molecule has 0 atom stereocenters. The lowest BCUT2D eigenvalue weighted by Crippen LogP contribution is -2.27. The number of nitrogens with zero attached hydrogens (tertiary/aromatic N) is 2. The van der Waals surface area contributed by atoms with Gasteiger partial charge in [-0.3, -0.25) is 0 Å². The Hall–Kier alpha value is -1.62. The zero-order valence-electron chi connectivity index (χ0n) is 12.5. The van der Waals surface area contributed by atoms with Crippen LogP contribution in [0.2, 0.25) is 0 Å². The molecule has 0 bridgehead atoms. The zero-order valence-corrected chi connectivity index (χ0v) is 13.3. The first-order valence-electron chi connectivity index (χ1n) is 6.80. The van der Waals surface area contributed by atoms with Crippen LogP contribution in [0.25, 0.3) is 0 Å². The molecule has 5 heteroatoms. The topological polar surface area (TPSA) is 63.8 Å². The molecule has 4 nitrogen and oxygen atoms in total. The summed E-state index contributed by atoms with van der Waals surface area (Å²) in [6, 6.07) is 4.26. The third kappa shape index (κ3) is 3.10. The molecule has 0 aromatic carbocycles. The van der Waals surface area contributed by atoms with Crippen molar-refractivity contribution >= 4 is 23.0 Å². The Balaban J connectivity index is 2.18. The summed E-state index contributed by atoms with van der Waals surface area (Å²) in [5.74, 6) is 1.70. The second-order valence-corrected chi connectivity index (χ2v) is 6.84. The SMILES string of the molecule is CC(C)c1c(N)ncnc1NCC(C)(C)c1cccs1. The Morgan fingerprint density at radius 2 is 2.10 bits per heavy atom. The van der Waals surface area contributed by atoms with E-state index in [0.29, 0.717) is 11.7 Å². The molecule has 0 saturated heterocycles. The van der Waals surface area contributed by atoms with Gasteiger partial charge in [0.05, 0.1) is 0 Å². The Kier molecular flexibility index (Phi) is 4.28. The van der Waals surface area contributed by atoms with Gasteiger partial charge in [0.1, 0.15) is 18.0 Å². The summed E-state index contributed by atoms with van der Waals surface area (Å²) in [5, 5.41) is 5.55.